The van der Waals surface area contributed by atoms with Crippen molar-refractivity contribution in [2.75, 3.05) is 26.2 Å². The van der Waals surface area contributed by atoms with Gasteiger partial charge in [-0.25, -0.2) is 0 Å². The van der Waals surface area contributed by atoms with Crippen LogP contribution in [0.4, 0.5) is 0 Å². The number of aliphatic hydroxyl groups is 2. The van der Waals surface area contributed by atoms with E-state index in [1.54, 1.807) is 0 Å². The highest BCUT2D eigenvalue weighted by Gasteiger charge is 2.30. The number of rotatable bonds is 9. The zero-order valence-corrected chi connectivity index (χ0v) is 13.0. The van der Waals surface area contributed by atoms with Crippen molar-refractivity contribution < 1.29 is 10.2 Å². The fraction of sp³-hybridized carbons (Fsp3) is 0.647. The van der Waals surface area contributed by atoms with E-state index in [1.165, 1.54) is 0 Å². The van der Waals surface area contributed by atoms with E-state index in [-0.39, 0.29) is 12.0 Å². The number of aliphatic hydroxyl groups excluding tert-OH is 2. The van der Waals surface area contributed by atoms with Crippen molar-refractivity contribution in [2.24, 2.45) is 5.41 Å². The summed E-state index contributed by atoms with van der Waals surface area (Å²) in [5.74, 6) is 0. The Hall–Kier alpha value is -0.900. The maximum Gasteiger partial charge on any atom is 0.0853 e. The normalized spacial score (nSPS) is 13.7. The molecule has 114 valence electrons. The van der Waals surface area contributed by atoms with Gasteiger partial charge in [-0.1, -0.05) is 57.5 Å². The van der Waals surface area contributed by atoms with Crippen molar-refractivity contribution >= 4 is 0 Å². The van der Waals surface area contributed by atoms with Gasteiger partial charge >= 0.3 is 0 Å². The number of unbranched alkanes of at least 4 members (excludes halogenated alkanes) is 1. The molecule has 0 aliphatic carbocycles. The molecule has 3 heteroatoms. The SMILES string of the molecule is CCCCN(CCO)CC(C)(C)C(O)c1ccccc1. The second-order valence-electron chi connectivity index (χ2n) is 6.16. The molecule has 0 aromatic heterocycles. The molecule has 0 aliphatic rings. The molecule has 0 saturated heterocycles. The number of hydrogen-bond acceptors (Lipinski definition) is 3. The second-order valence-corrected chi connectivity index (χ2v) is 6.16. The zero-order chi connectivity index (χ0) is 15.0. The maximum atomic E-state index is 10.6. The first-order valence-electron chi connectivity index (χ1n) is 7.57. The van der Waals surface area contributed by atoms with Gasteiger partial charge in [0.15, 0.2) is 0 Å². The van der Waals surface area contributed by atoms with E-state index in [9.17, 15) is 10.2 Å². The molecule has 0 bridgehead atoms. The Labute approximate surface area is 123 Å². The van der Waals surface area contributed by atoms with Crippen LogP contribution < -0.4 is 0 Å². The van der Waals surface area contributed by atoms with Crippen molar-refractivity contribution in [3.63, 3.8) is 0 Å². The van der Waals surface area contributed by atoms with Crippen LogP contribution >= 0.6 is 0 Å². The number of nitrogens with zero attached hydrogens (tertiary/aromatic N) is 1. The fourth-order valence-corrected chi connectivity index (χ4v) is 2.54. The third kappa shape index (κ3) is 5.23. The monoisotopic (exact) mass is 279 g/mol. The summed E-state index contributed by atoms with van der Waals surface area (Å²) in [5.41, 5.74) is 0.710. The second kappa shape index (κ2) is 8.40. The molecule has 0 saturated carbocycles. The molecule has 0 aliphatic heterocycles. The molecule has 3 nitrogen and oxygen atoms in total. The predicted octanol–water partition coefficient (Wildman–Crippen LogP) is 2.84. The number of hydrogen-bond donors (Lipinski definition) is 2. The van der Waals surface area contributed by atoms with Crippen LogP contribution in [0, 0.1) is 5.41 Å². The van der Waals surface area contributed by atoms with Gasteiger partial charge in [-0.3, -0.25) is 0 Å². The first-order chi connectivity index (χ1) is 9.51. The molecule has 0 amide bonds. The van der Waals surface area contributed by atoms with Gasteiger partial charge < -0.3 is 15.1 Å². The standard InChI is InChI=1S/C17H29NO2/c1-4-5-11-18(12-13-19)14-17(2,3)16(20)15-9-7-6-8-10-15/h6-10,16,19-20H,4-5,11-14H2,1-3H3. The maximum absolute atomic E-state index is 10.6. The van der Waals surface area contributed by atoms with Crippen LogP contribution in [0.5, 0.6) is 0 Å². The highest BCUT2D eigenvalue weighted by Crippen LogP contribution is 2.34. The molecular formula is C17H29NO2. The Morgan fingerprint density at radius 1 is 1.15 bits per heavy atom. The summed E-state index contributed by atoms with van der Waals surface area (Å²) in [4.78, 5) is 2.25. The summed E-state index contributed by atoms with van der Waals surface area (Å²) in [6.07, 6.45) is 1.77. The summed E-state index contributed by atoms with van der Waals surface area (Å²) in [5, 5.41) is 19.8. The molecular weight excluding hydrogens is 250 g/mol. The smallest absolute Gasteiger partial charge is 0.0853 e. The fourth-order valence-electron chi connectivity index (χ4n) is 2.54. The average molecular weight is 279 g/mol. The average Bonchev–Trinajstić information content (AvgIpc) is 2.45. The first kappa shape index (κ1) is 17.2. The van der Waals surface area contributed by atoms with E-state index in [4.69, 9.17) is 0 Å². The zero-order valence-electron chi connectivity index (χ0n) is 13.0. The van der Waals surface area contributed by atoms with Gasteiger partial charge in [-0.15, -0.1) is 0 Å². The highest BCUT2D eigenvalue weighted by molar-refractivity contribution is 5.19. The van der Waals surface area contributed by atoms with Crippen molar-refractivity contribution in [3.05, 3.63) is 35.9 Å². The van der Waals surface area contributed by atoms with E-state index in [0.29, 0.717) is 6.54 Å². The van der Waals surface area contributed by atoms with Crippen LogP contribution in [-0.4, -0.2) is 41.4 Å². The summed E-state index contributed by atoms with van der Waals surface area (Å²) in [7, 11) is 0. The lowest BCUT2D eigenvalue weighted by atomic mass is 9.82. The van der Waals surface area contributed by atoms with Crippen LogP contribution in [-0.2, 0) is 0 Å². The molecule has 1 rings (SSSR count). The van der Waals surface area contributed by atoms with Gasteiger partial charge in [0, 0.05) is 18.5 Å². The first-order valence-corrected chi connectivity index (χ1v) is 7.57. The largest absolute Gasteiger partial charge is 0.395 e. The molecule has 1 atom stereocenters. The molecule has 20 heavy (non-hydrogen) atoms. The third-order valence-electron chi connectivity index (χ3n) is 3.73. The Morgan fingerprint density at radius 3 is 2.35 bits per heavy atom. The van der Waals surface area contributed by atoms with Crippen molar-refractivity contribution in [2.45, 2.75) is 39.7 Å². The molecule has 1 aromatic rings. The van der Waals surface area contributed by atoms with E-state index < -0.39 is 6.10 Å². The Balaban J connectivity index is 2.70. The minimum atomic E-state index is -0.494. The Morgan fingerprint density at radius 2 is 1.80 bits per heavy atom. The lowest BCUT2D eigenvalue weighted by Gasteiger charge is -2.36. The molecule has 1 unspecified atom stereocenters. The lowest BCUT2D eigenvalue weighted by Crippen LogP contribution is -2.40. The molecule has 0 radical (unpaired) electrons. The molecule has 0 heterocycles. The molecule has 2 N–H and O–H groups in total. The highest BCUT2D eigenvalue weighted by atomic mass is 16.3. The van der Waals surface area contributed by atoms with Gasteiger partial charge in [0.2, 0.25) is 0 Å². The van der Waals surface area contributed by atoms with Crippen molar-refractivity contribution in [3.8, 4) is 0 Å². The van der Waals surface area contributed by atoms with E-state index in [0.717, 1.165) is 31.5 Å². The molecule has 1 aromatic carbocycles. The van der Waals surface area contributed by atoms with E-state index >= 15 is 0 Å². The van der Waals surface area contributed by atoms with Crippen LogP contribution in [0.3, 0.4) is 0 Å². The summed E-state index contributed by atoms with van der Waals surface area (Å²) >= 11 is 0. The summed E-state index contributed by atoms with van der Waals surface area (Å²) < 4.78 is 0. The lowest BCUT2D eigenvalue weighted by molar-refractivity contribution is 0.0162. The van der Waals surface area contributed by atoms with Gasteiger partial charge in [0.05, 0.1) is 12.7 Å². The van der Waals surface area contributed by atoms with Gasteiger partial charge in [-0.05, 0) is 18.5 Å². The van der Waals surface area contributed by atoms with Crippen LogP contribution in [0.25, 0.3) is 0 Å². The summed E-state index contributed by atoms with van der Waals surface area (Å²) in [6, 6.07) is 9.81. The molecule has 0 fully saturated rings. The predicted molar refractivity (Wildman–Crippen MR) is 83.6 cm³/mol. The van der Waals surface area contributed by atoms with Crippen LogP contribution in [0.1, 0.15) is 45.3 Å². The third-order valence-corrected chi connectivity index (χ3v) is 3.73. The Bertz CT molecular complexity index is 365. The minimum Gasteiger partial charge on any atom is -0.395 e. The minimum absolute atomic E-state index is 0.168. The van der Waals surface area contributed by atoms with Gasteiger partial charge in [0.25, 0.3) is 0 Å². The van der Waals surface area contributed by atoms with Crippen LogP contribution in [0.15, 0.2) is 30.3 Å². The summed E-state index contributed by atoms with van der Waals surface area (Å²) in [6.45, 7) is 8.93. The van der Waals surface area contributed by atoms with E-state index in [2.05, 4.69) is 25.7 Å². The van der Waals surface area contributed by atoms with Crippen LogP contribution in [0.2, 0.25) is 0 Å². The Kier molecular flexibility index (Phi) is 7.20. The van der Waals surface area contributed by atoms with Crippen molar-refractivity contribution in [1.82, 2.24) is 4.90 Å². The number of benzene rings is 1. The van der Waals surface area contributed by atoms with Crippen molar-refractivity contribution in [1.29, 1.82) is 0 Å². The quantitative estimate of drug-likeness (QED) is 0.730. The topological polar surface area (TPSA) is 43.7 Å². The van der Waals surface area contributed by atoms with E-state index in [1.807, 2.05) is 30.3 Å². The van der Waals surface area contributed by atoms with Gasteiger partial charge in [0.1, 0.15) is 0 Å². The molecule has 0 spiro atoms. The van der Waals surface area contributed by atoms with Gasteiger partial charge in [-0.2, -0.15) is 0 Å².